The van der Waals surface area contributed by atoms with Gasteiger partial charge in [-0.1, -0.05) is 71.0 Å². The molecule has 2 aromatic rings. The molecule has 2 aromatic carbocycles. The minimum absolute atomic E-state index is 0.0513. The summed E-state index contributed by atoms with van der Waals surface area (Å²) >= 11 is 0. The average Bonchev–Trinajstić information content (AvgIpc) is 2.52. The number of amides is 1. The highest BCUT2D eigenvalue weighted by molar-refractivity contribution is 6.00. The summed E-state index contributed by atoms with van der Waals surface area (Å²) in [6.07, 6.45) is 0.446. The van der Waals surface area contributed by atoms with Crippen molar-refractivity contribution in [3.8, 4) is 0 Å². The van der Waals surface area contributed by atoms with Gasteiger partial charge in [0.2, 0.25) is 0 Å². The van der Waals surface area contributed by atoms with E-state index < -0.39 is 0 Å². The molecule has 3 nitrogen and oxygen atoms in total. The Labute approximate surface area is 139 Å². The molecule has 1 atom stereocenters. The van der Waals surface area contributed by atoms with E-state index >= 15 is 0 Å². The summed E-state index contributed by atoms with van der Waals surface area (Å²) in [6, 6.07) is 13.9. The Morgan fingerprint density at radius 1 is 1.13 bits per heavy atom. The van der Waals surface area contributed by atoms with Crippen LogP contribution in [0, 0.1) is 11.3 Å². The fraction of sp³-hybridized carbons (Fsp3) is 0.450. The normalized spacial score (nSPS) is 13.1. The van der Waals surface area contributed by atoms with Crippen LogP contribution in [0.4, 0.5) is 10.5 Å². The summed E-state index contributed by atoms with van der Waals surface area (Å²) in [7, 11) is 0. The van der Waals surface area contributed by atoms with Crippen molar-refractivity contribution in [3.63, 3.8) is 0 Å². The lowest BCUT2D eigenvalue weighted by atomic mass is 9.78. The predicted molar refractivity (Wildman–Crippen MR) is 96.7 cm³/mol. The van der Waals surface area contributed by atoms with Gasteiger partial charge < -0.3 is 4.74 Å². The zero-order chi connectivity index (χ0) is 17.0. The minimum atomic E-state index is -0.387. The van der Waals surface area contributed by atoms with Gasteiger partial charge in [-0.2, -0.15) is 0 Å². The van der Waals surface area contributed by atoms with Crippen LogP contribution in [0.5, 0.6) is 0 Å². The molecule has 0 saturated carbocycles. The first-order valence-corrected chi connectivity index (χ1v) is 8.30. The summed E-state index contributed by atoms with van der Waals surface area (Å²) in [5.74, 6) is 0.267. The van der Waals surface area contributed by atoms with E-state index in [1.165, 1.54) is 0 Å². The number of nitrogens with one attached hydrogen (secondary N) is 1. The van der Waals surface area contributed by atoms with Crippen LogP contribution >= 0.6 is 0 Å². The number of carbonyl (C=O) groups is 1. The third-order valence-electron chi connectivity index (χ3n) is 4.55. The summed E-state index contributed by atoms with van der Waals surface area (Å²) < 4.78 is 5.77. The number of carbonyl (C=O) groups excluding carboxylic acids is 1. The summed E-state index contributed by atoms with van der Waals surface area (Å²) in [5.41, 5.74) is 0.731. The first-order valence-electron chi connectivity index (χ1n) is 8.30. The number of benzene rings is 2. The van der Waals surface area contributed by atoms with Gasteiger partial charge >= 0.3 is 6.09 Å². The Kier molecular flexibility index (Phi) is 5.30. The molecule has 0 fully saturated rings. The quantitative estimate of drug-likeness (QED) is 0.752. The molecule has 0 saturated heterocycles. The Morgan fingerprint density at radius 3 is 2.43 bits per heavy atom. The molecule has 1 N–H and O–H groups in total. The fourth-order valence-electron chi connectivity index (χ4n) is 2.99. The average molecular weight is 313 g/mol. The van der Waals surface area contributed by atoms with Crippen LogP contribution in [0.25, 0.3) is 10.8 Å². The summed E-state index contributed by atoms with van der Waals surface area (Å²) in [6.45, 7) is 10.6. The van der Waals surface area contributed by atoms with Crippen molar-refractivity contribution < 1.29 is 9.53 Å². The van der Waals surface area contributed by atoms with Crippen molar-refractivity contribution in [2.45, 2.75) is 47.1 Å². The molecule has 1 unspecified atom stereocenters. The smallest absolute Gasteiger partial charge is 0.411 e. The molecule has 1 amide bonds. The second-order valence-electron chi connectivity index (χ2n) is 7.06. The Hall–Kier alpha value is -2.03. The van der Waals surface area contributed by atoms with E-state index in [4.69, 9.17) is 4.74 Å². The topological polar surface area (TPSA) is 38.3 Å². The highest BCUT2D eigenvalue weighted by Gasteiger charge is 2.33. The van der Waals surface area contributed by atoms with Crippen molar-refractivity contribution in [1.82, 2.24) is 0 Å². The molecule has 0 aliphatic heterocycles. The van der Waals surface area contributed by atoms with Crippen molar-refractivity contribution in [3.05, 3.63) is 42.5 Å². The number of anilines is 1. The van der Waals surface area contributed by atoms with Crippen LogP contribution in [0.15, 0.2) is 42.5 Å². The first kappa shape index (κ1) is 17.3. The lowest BCUT2D eigenvalue weighted by molar-refractivity contribution is -0.00195. The molecule has 0 aliphatic rings. The maximum atomic E-state index is 12.4. The van der Waals surface area contributed by atoms with E-state index in [-0.39, 0.29) is 23.5 Å². The van der Waals surface area contributed by atoms with Crippen LogP contribution in [-0.4, -0.2) is 12.2 Å². The van der Waals surface area contributed by atoms with Gasteiger partial charge in [0.15, 0.2) is 0 Å². The summed E-state index contributed by atoms with van der Waals surface area (Å²) in [5, 5.41) is 5.02. The second kappa shape index (κ2) is 7.03. The van der Waals surface area contributed by atoms with E-state index in [0.29, 0.717) is 0 Å². The van der Waals surface area contributed by atoms with Crippen molar-refractivity contribution in [2.75, 3.05) is 5.32 Å². The molecule has 0 heterocycles. The first-order chi connectivity index (χ1) is 10.8. The Balaban J connectivity index is 2.17. The molecular formula is C20H27NO2. The maximum Gasteiger partial charge on any atom is 0.411 e. The van der Waals surface area contributed by atoms with Gasteiger partial charge in [-0.05, 0) is 23.8 Å². The molecule has 3 heteroatoms. The predicted octanol–water partition coefficient (Wildman–Crippen LogP) is 5.85. The lowest BCUT2D eigenvalue weighted by Crippen LogP contribution is -2.38. The third kappa shape index (κ3) is 4.04. The van der Waals surface area contributed by atoms with Gasteiger partial charge in [0.05, 0.1) is 5.69 Å². The minimum Gasteiger partial charge on any atom is -0.445 e. The zero-order valence-corrected chi connectivity index (χ0v) is 14.7. The highest BCUT2D eigenvalue weighted by Crippen LogP contribution is 2.32. The van der Waals surface area contributed by atoms with Gasteiger partial charge in [0, 0.05) is 10.8 Å². The maximum absolute atomic E-state index is 12.4. The molecule has 0 bridgehead atoms. The Morgan fingerprint density at radius 2 is 1.78 bits per heavy atom. The van der Waals surface area contributed by atoms with Crippen molar-refractivity contribution in [1.29, 1.82) is 0 Å². The fourth-order valence-corrected chi connectivity index (χ4v) is 2.99. The monoisotopic (exact) mass is 313 g/mol. The van der Waals surface area contributed by atoms with Gasteiger partial charge in [0.1, 0.15) is 6.10 Å². The number of rotatable bonds is 5. The second-order valence-corrected chi connectivity index (χ2v) is 7.06. The van der Waals surface area contributed by atoms with E-state index in [2.05, 4.69) is 39.9 Å². The van der Waals surface area contributed by atoms with Gasteiger partial charge in [0.25, 0.3) is 0 Å². The van der Waals surface area contributed by atoms with Crippen LogP contribution in [0.2, 0.25) is 0 Å². The van der Waals surface area contributed by atoms with Crippen LogP contribution < -0.4 is 5.32 Å². The summed E-state index contributed by atoms with van der Waals surface area (Å²) in [4.78, 5) is 12.4. The van der Waals surface area contributed by atoms with E-state index in [1.54, 1.807) is 0 Å². The third-order valence-corrected chi connectivity index (χ3v) is 4.55. The molecule has 124 valence electrons. The number of hydrogen-bond acceptors (Lipinski definition) is 2. The Bertz CT molecular complexity index is 671. The van der Waals surface area contributed by atoms with Crippen LogP contribution in [0.1, 0.15) is 41.0 Å². The number of fused-ring (bicyclic) bond motifs is 1. The van der Waals surface area contributed by atoms with Crippen molar-refractivity contribution in [2.24, 2.45) is 11.3 Å². The molecule has 2 rings (SSSR count). The van der Waals surface area contributed by atoms with E-state index in [0.717, 1.165) is 22.9 Å². The SMILES string of the molecule is CCC(C)(C)C(OC(=O)Nc1cccc2ccccc12)C(C)C. The van der Waals surface area contributed by atoms with E-state index in [9.17, 15) is 4.79 Å². The molecule has 23 heavy (non-hydrogen) atoms. The molecule has 0 aliphatic carbocycles. The number of ether oxygens (including phenoxy) is 1. The highest BCUT2D eigenvalue weighted by atomic mass is 16.6. The standard InChI is InChI=1S/C20H27NO2/c1-6-20(4,5)18(14(2)3)23-19(22)21-17-13-9-11-15-10-7-8-12-16(15)17/h7-14,18H,6H2,1-5H3,(H,21,22). The van der Waals surface area contributed by atoms with Gasteiger partial charge in [-0.3, -0.25) is 5.32 Å². The van der Waals surface area contributed by atoms with Crippen molar-refractivity contribution >= 4 is 22.6 Å². The van der Waals surface area contributed by atoms with Crippen LogP contribution in [-0.2, 0) is 4.74 Å². The van der Waals surface area contributed by atoms with E-state index in [1.807, 2.05) is 42.5 Å². The molecular weight excluding hydrogens is 286 g/mol. The largest absolute Gasteiger partial charge is 0.445 e. The number of hydrogen-bond donors (Lipinski definition) is 1. The lowest BCUT2D eigenvalue weighted by Gasteiger charge is -2.35. The van der Waals surface area contributed by atoms with Gasteiger partial charge in [-0.25, -0.2) is 4.79 Å². The molecule has 0 radical (unpaired) electrons. The van der Waals surface area contributed by atoms with Gasteiger partial charge in [-0.15, -0.1) is 0 Å². The molecule has 0 spiro atoms. The zero-order valence-electron chi connectivity index (χ0n) is 14.7. The van der Waals surface area contributed by atoms with Crippen LogP contribution in [0.3, 0.4) is 0 Å². The molecule has 0 aromatic heterocycles.